The van der Waals surface area contributed by atoms with Gasteiger partial charge in [-0.05, 0) is 29.7 Å². The summed E-state index contributed by atoms with van der Waals surface area (Å²) in [5.74, 6) is 0. The summed E-state index contributed by atoms with van der Waals surface area (Å²) in [7, 11) is 2.44. The Labute approximate surface area is 64.1 Å². The van der Waals surface area contributed by atoms with E-state index in [9.17, 15) is 0 Å². The van der Waals surface area contributed by atoms with Gasteiger partial charge in [0.25, 0.3) is 0 Å². The van der Waals surface area contributed by atoms with Crippen LogP contribution in [0.1, 0.15) is 20.3 Å². The maximum absolute atomic E-state index is 5.70. The van der Waals surface area contributed by atoms with E-state index in [0.717, 1.165) is 12.1 Å². The Morgan fingerprint density at radius 2 is 2.44 bits per heavy atom. The lowest BCUT2D eigenvalue weighted by Crippen LogP contribution is -1.94. The van der Waals surface area contributed by atoms with Gasteiger partial charge in [-0.15, -0.1) is 11.6 Å². The maximum Gasteiger partial charge on any atom is 0.0343 e. The van der Waals surface area contributed by atoms with Crippen molar-refractivity contribution in [2.45, 2.75) is 25.6 Å². The van der Waals surface area contributed by atoms with Crippen LogP contribution in [0.2, 0.25) is 0 Å². The molecule has 0 bridgehead atoms. The minimum atomic E-state index is 0.235. The molecule has 54 valence electrons. The van der Waals surface area contributed by atoms with Crippen molar-refractivity contribution in [3.05, 3.63) is 11.8 Å². The standard InChI is InChI=1S/C6H13ClNP/c1-5(7)3-4-6(2)8-9/h4-5,8H,3,9H2,1-2H3/b6-4-/t5-/m0/s1. The highest BCUT2D eigenvalue weighted by Gasteiger charge is 1.90. The highest BCUT2D eigenvalue weighted by atomic mass is 35.5. The Hall–Kier alpha value is 0.260. The first-order valence-corrected chi connectivity index (χ1v) is 3.95. The number of halogens is 1. The molecule has 0 radical (unpaired) electrons. The Morgan fingerprint density at radius 1 is 1.89 bits per heavy atom. The lowest BCUT2D eigenvalue weighted by atomic mass is 10.3. The average Bonchev–Trinajstić information content (AvgIpc) is 1.83. The van der Waals surface area contributed by atoms with Crippen molar-refractivity contribution in [3.8, 4) is 0 Å². The Bertz CT molecular complexity index is 101. The third-order valence-electron chi connectivity index (χ3n) is 0.976. The fourth-order valence-electron chi connectivity index (χ4n) is 0.398. The molecule has 0 saturated carbocycles. The number of hydrogen-bond acceptors (Lipinski definition) is 1. The van der Waals surface area contributed by atoms with Gasteiger partial charge in [0.2, 0.25) is 0 Å². The van der Waals surface area contributed by atoms with Crippen LogP contribution in [0.3, 0.4) is 0 Å². The zero-order valence-electron chi connectivity index (χ0n) is 5.82. The van der Waals surface area contributed by atoms with Gasteiger partial charge in [-0.1, -0.05) is 6.08 Å². The molecular formula is C6H13ClNP. The Morgan fingerprint density at radius 3 is 2.78 bits per heavy atom. The molecule has 9 heavy (non-hydrogen) atoms. The normalized spacial score (nSPS) is 15.3. The number of hydrogen-bond donors (Lipinski definition) is 1. The predicted octanol–water partition coefficient (Wildman–Crippen LogP) is 2.29. The van der Waals surface area contributed by atoms with Crippen molar-refractivity contribution in [2.24, 2.45) is 0 Å². The van der Waals surface area contributed by atoms with E-state index >= 15 is 0 Å². The summed E-state index contributed by atoms with van der Waals surface area (Å²) >= 11 is 5.70. The zero-order valence-corrected chi connectivity index (χ0v) is 7.73. The van der Waals surface area contributed by atoms with Crippen LogP contribution < -0.4 is 5.09 Å². The van der Waals surface area contributed by atoms with Crippen LogP contribution >= 0.6 is 21.0 Å². The van der Waals surface area contributed by atoms with Crippen LogP contribution in [0, 0.1) is 0 Å². The van der Waals surface area contributed by atoms with E-state index in [1.807, 2.05) is 13.8 Å². The SMILES string of the molecule is C/C(=C/C[C@H](C)Cl)NP. The van der Waals surface area contributed by atoms with Crippen molar-refractivity contribution in [1.29, 1.82) is 0 Å². The van der Waals surface area contributed by atoms with Gasteiger partial charge >= 0.3 is 0 Å². The molecule has 0 aromatic carbocycles. The minimum Gasteiger partial charge on any atom is -0.373 e. The van der Waals surface area contributed by atoms with E-state index < -0.39 is 0 Å². The third-order valence-corrected chi connectivity index (χ3v) is 1.61. The van der Waals surface area contributed by atoms with Crippen LogP contribution in [0.15, 0.2) is 11.8 Å². The Balaban J connectivity index is 3.43. The second-order valence-corrected chi connectivity index (χ2v) is 3.08. The van der Waals surface area contributed by atoms with E-state index in [4.69, 9.17) is 11.6 Å². The largest absolute Gasteiger partial charge is 0.373 e. The van der Waals surface area contributed by atoms with Gasteiger partial charge in [-0.3, -0.25) is 0 Å². The molecular weight excluding hydrogens is 152 g/mol. The van der Waals surface area contributed by atoms with E-state index in [-0.39, 0.29) is 5.38 Å². The van der Waals surface area contributed by atoms with Crippen LogP contribution in [-0.4, -0.2) is 5.38 Å². The topological polar surface area (TPSA) is 12.0 Å². The van der Waals surface area contributed by atoms with Crippen molar-refractivity contribution in [3.63, 3.8) is 0 Å². The molecule has 0 saturated heterocycles. The average molecular weight is 166 g/mol. The molecule has 1 N–H and O–H groups in total. The van der Waals surface area contributed by atoms with Crippen LogP contribution in [0.25, 0.3) is 0 Å². The highest BCUT2D eigenvalue weighted by molar-refractivity contribution is 7.14. The van der Waals surface area contributed by atoms with Crippen molar-refractivity contribution >= 4 is 21.0 Å². The predicted molar refractivity (Wildman–Crippen MR) is 46.5 cm³/mol. The molecule has 0 heterocycles. The molecule has 2 atom stereocenters. The summed E-state index contributed by atoms with van der Waals surface area (Å²) in [6.45, 7) is 3.99. The van der Waals surface area contributed by atoms with Gasteiger partial charge in [0, 0.05) is 11.1 Å². The highest BCUT2D eigenvalue weighted by Crippen LogP contribution is 2.02. The quantitative estimate of drug-likeness (QED) is 0.500. The summed E-state index contributed by atoms with van der Waals surface area (Å²) < 4.78 is 0. The lowest BCUT2D eigenvalue weighted by Gasteiger charge is -1.99. The monoisotopic (exact) mass is 165 g/mol. The molecule has 0 aliphatic heterocycles. The summed E-state index contributed by atoms with van der Waals surface area (Å²) in [5.41, 5.74) is 1.15. The molecule has 0 rings (SSSR count). The summed E-state index contributed by atoms with van der Waals surface area (Å²) in [4.78, 5) is 0. The fourth-order valence-corrected chi connectivity index (χ4v) is 0.605. The molecule has 0 spiro atoms. The number of rotatable bonds is 3. The van der Waals surface area contributed by atoms with Gasteiger partial charge in [-0.25, -0.2) is 0 Å². The molecule has 1 nitrogen and oxygen atoms in total. The van der Waals surface area contributed by atoms with E-state index in [1.165, 1.54) is 0 Å². The first-order chi connectivity index (χ1) is 4.16. The second kappa shape index (κ2) is 5.08. The van der Waals surface area contributed by atoms with Crippen LogP contribution in [0.4, 0.5) is 0 Å². The third kappa shape index (κ3) is 6.14. The molecule has 1 unspecified atom stereocenters. The molecule has 0 amide bonds. The summed E-state index contributed by atoms with van der Waals surface area (Å²) in [5, 5.41) is 3.17. The molecule has 3 heteroatoms. The van der Waals surface area contributed by atoms with Gasteiger partial charge in [-0.2, -0.15) is 0 Å². The fraction of sp³-hybridized carbons (Fsp3) is 0.667. The van der Waals surface area contributed by atoms with Gasteiger partial charge in [0.05, 0.1) is 0 Å². The number of alkyl halides is 1. The molecule has 0 fully saturated rings. The first-order valence-electron chi connectivity index (χ1n) is 2.94. The summed E-state index contributed by atoms with van der Waals surface area (Å²) in [6, 6.07) is 0. The molecule has 0 aromatic rings. The first kappa shape index (κ1) is 9.26. The van der Waals surface area contributed by atoms with E-state index in [0.29, 0.717) is 0 Å². The van der Waals surface area contributed by atoms with Crippen LogP contribution in [-0.2, 0) is 0 Å². The van der Waals surface area contributed by atoms with Gasteiger partial charge in [0.1, 0.15) is 0 Å². The van der Waals surface area contributed by atoms with Crippen molar-refractivity contribution < 1.29 is 0 Å². The van der Waals surface area contributed by atoms with Gasteiger partial charge in [0.15, 0.2) is 0 Å². The molecule has 0 aliphatic rings. The number of nitrogens with one attached hydrogen (secondary N) is 1. The van der Waals surface area contributed by atoms with E-state index in [2.05, 4.69) is 20.6 Å². The Kier molecular flexibility index (Phi) is 5.22. The van der Waals surface area contributed by atoms with Crippen molar-refractivity contribution in [2.75, 3.05) is 0 Å². The molecule has 0 aliphatic carbocycles. The second-order valence-electron chi connectivity index (χ2n) is 2.05. The van der Waals surface area contributed by atoms with Crippen molar-refractivity contribution in [1.82, 2.24) is 5.09 Å². The zero-order chi connectivity index (χ0) is 7.28. The molecule has 0 aromatic heterocycles. The lowest BCUT2D eigenvalue weighted by molar-refractivity contribution is 0.949. The maximum atomic E-state index is 5.70. The summed E-state index contributed by atoms with van der Waals surface area (Å²) in [6.07, 6.45) is 3.00. The van der Waals surface area contributed by atoms with E-state index in [1.54, 1.807) is 0 Å². The minimum absolute atomic E-state index is 0.235. The number of allylic oxidation sites excluding steroid dienone is 2. The van der Waals surface area contributed by atoms with Gasteiger partial charge < -0.3 is 5.09 Å². The smallest absolute Gasteiger partial charge is 0.0343 e. The van der Waals surface area contributed by atoms with Crippen LogP contribution in [0.5, 0.6) is 0 Å².